The summed E-state index contributed by atoms with van der Waals surface area (Å²) >= 11 is 0. The number of rotatable bonds is 3. The lowest BCUT2D eigenvalue weighted by Gasteiger charge is -2.39. The summed E-state index contributed by atoms with van der Waals surface area (Å²) in [5.41, 5.74) is 6.05. The molecule has 0 spiro atoms. The van der Waals surface area contributed by atoms with Gasteiger partial charge >= 0.3 is 0 Å². The number of amides is 2. The molecule has 2 rings (SSSR count). The van der Waals surface area contributed by atoms with Gasteiger partial charge in [-0.3, -0.25) is 9.59 Å². The second kappa shape index (κ2) is 7.25. The molecule has 21 heavy (non-hydrogen) atoms. The summed E-state index contributed by atoms with van der Waals surface area (Å²) in [7, 11) is 1.64. The summed E-state index contributed by atoms with van der Waals surface area (Å²) in [6, 6.07) is -0.0499. The van der Waals surface area contributed by atoms with Gasteiger partial charge < -0.3 is 16.0 Å². The molecule has 4 unspecified atom stereocenters. The van der Waals surface area contributed by atoms with Gasteiger partial charge in [-0.1, -0.05) is 13.3 Å². The highest BCUT2D eigenvalue weighted by Gasteiger charge is 2.37. The van der Waals surface area contributed by atoms with Crippen LogP contribution in [0.25, 0.3) is 0 Å². The third-order valence-electron chi connectivity index (χ3n) is 5.19. The van der Waals surface area contributed by atoms with E-state index >= 15 is 0 Å². The number of hydrogen-bond donors (Lipinski definition) is 2. The van der Waals surface area contributed by atoms with Crippen LogP contribution in [-0.4, -0.2) is 42.4 Å². The van der Waals surface area contributed by atoms with Crippen LogP contribution < -0.4 is 11.1 Å². The van der Waals surface area contributed by atoms with Crippen LogP contribution in [0.4, 0.5) is 0 Å². The van der Waals surface area contributed by atoms with Gasteiger partial charge in [0.05, 0.1) is 0 Å². The van der Waals surface area contributed by atoms with Crippen molar-refractivity contribution in [1.29, 1.82) is 0 Å². The van der Waals surface area contributed by atoms with Gasteiger partial charge in [-0.15, -0.1) is 0 Å². The van der Waals surface area contributed by atoms with Crippen molar-refractivity contribution in [3.8, 4) is 0 Å². The van der Waals surface area contributed by atoms with Gasteiger partial charge in [-0.25, -0.2) is 0 Å². The summed E-state index contributed by atoms with van der Waals surface area (Å²) in [6.45, 7) is 2.72. The first kappa shape index (κ1) is 16.3. The lowest BCUT2D eigenvalue weighted by molar-refractivity contribution is -0.146. The Hall–Kier alpha value is -1.10. The van der Waals surface area contributed by atoms with E-state index in [1.807, 2.05) is 11.8 Å². The van der Waals surface area contributed by atoms with E-state index in [4.69, 9.17) is 5.73 Å². The van der Waals surface area contributed by atoms with E-state index in [9.17, 15) is 9.59 Å². The first-order chi connectivity index (χ1) is 10.0. The first-order valence-electron chi connectivity index (χ1n) is 8.32. The molecule has 1 heterocycles. The fourth-order valence-corrected chi connectivity index (χ4v) is 3.82. The van der Waals surface area contributed by atoms with E-state index < -0.39 is 0 Å². The maximum atomic E-state index is 12.8. The van der Waals surface area contributed by atoms with Gasteiger partial charge in [0.2, 0.25) is 11.8 Å². The molecule has 1 aliphatic carbocycles. The molecule has 1 saturated carbocycles. The highest BCUT2D eigenvalue weighted by molar-refractivity contribution is 5.88. The number of piperidine rings is 1. The van der Waals surface area contributed by atoms with Crippen molar-refractivity contribution in [2.24, 2.45) is 17.6 Å². The fourth-order valence-electron chi connectivity index (χ4n) is 3.82. The summed E-state index contributed by atoms with van der Waals surface area (Å²) < 4.78 is 0. The zero-order valence-electron chi connectivity index (χ0n) is 13.3. The number of nitrogens with zero attached hydrogens (tertiary/aromatic N) is 1. The molecule has 3 N–H and O–H groups in total. The predicted molar refractivity (Wildman–Crippen MR) is 82.5 cm³/mol. The van der Waals surface area contributed by atoms with Gasteiger partial charge in [0.15, 0.2) is 0 Å². The quantitative estimate of drug-likeness (QED) is 0.823. The Kier molecular flexibility index (Phi) is 5.62. The average Bonchev–Trinajstić information content (AvgIpc) is 2.52. The summed E-state index contributed by atoms with van der Waals surface area (Å²) in [4.78, 5) is 26.7. The summed E-state index contributed by atoms with van der Waals surface area (Å²) in [5.74, 6) is 0.452. The normalized spacial score (nSPS) is 31.6. The molecule has 5 heteroatoms. The molecule has 2 aliphatic rings. The number of likely N-dealkylation sites (N-methyl/N-ethyl adjacent to an activating group) is 1. The van der Waals surface area contributed by atoms with Crippen molar-refractivity contribution in [3.05, 3.63) is 0 Å². The lowest BCUT2D eigenvalue weighted by Crippen LogP contribution is -2.53. The number of hydrogen-bond acceptors (Lipinski definition) is 3. The minimum atomic E-state index is -0.282. The van der Waals surface area contributed by atoms with Crippen LogP contribution in [0.1, 0.15) is 51.9 Å². The highest BCUT2D eigenvalue weighted by Crippen LogP contribution is 2.31. The zero-order chi connectivity index (χ0) is 15.4. The van der Waals surface area contributed by atoms with Crippen molar-refractivity contribution in [2.45, 2.75) is 64.0 Å². The number of likely N-dealkylation sites (tertiary alicyclic amines) is 1. The van der Waals surface area contributed by atoms with Crippen molar-refractivity contribution in [2.75, 3.05) is 13.6 Å². The molecule has 0 aromatic rings. The van der Waals surface area contributed by atoms with Crippen LogP contribution in [0.3, 0.4) is 0 Å². The summed E-state index contributed by atoms with van der Waals surface area (Å²) in [6.07, 6.45) is 7.00. The molecule has 0 aromatic heterocycles. The van der Waals surface area contributed by atoms with E-state index in [1.165, 1.54) is 0 Å². The fraction of sp³-hybridized carbons (Fsp3) is 0.875. The van der Waals surface area contributed by atoms with Crippen LogP contribution in [0.2, 0.25) is 0 Å². The van der Waals surface area contributed by atoms with Crippen LogP contribution in [0.5, 0.6) is 0 Å². The molecule has 2 amide bonds. The van der Waals surface area contributed by atoms with Crippen molar-refractivity contribution >= 4 is 11.8 Å². The first-order valence-corrected chi connectivity index (χ1v) is 8.32. The number of carbonyl (C=O) groups excluding carboxylic acids is 2. The van der Waals surface area contributed by atoms with E-state index in [0.29, 0.717) is 12.5 Å². The van der Waals surface area contributed by atoms with Crippen LogP contribution in [0.15, 0.2) is 0 Å². The maximum Gasteiger partial charge on any atom is 0.242 e. The molecular weight excluding hydrogens is 266 g/mol. The van der Waals surface area contributed by atoms with Crippen LogP contribution in [-0.2, 0) is 9.59 Å². The largest absolute Gasteiger partial charge is 0.357 e. The topological polar surface area (TPSA) is 75.4 Å². The molecule has 0 radical (unpaired) electrons. The molecule has 5 nitrogen and oxygen atoms in total. The molecule has 1 saturated heterocycles. The number of nitrogens with one attached hydrogen (secondary N) is 1. The van der Waals surface area contributed by atoms with Gasteiger partial charge in [-0.05, 0) is 44.4 Å². The third-order valence-corrected chi connectivity index (χ3v) is 5.19. The van der Waals surface area contributed by atoms with Crippen LogP contribution >= 0.6 is 0 Å². The van der Waals surface area contributed by atoms with Crippen molar-refractivity contribution in [3.63, 3.8) is 0 Å². The van der Waals surface area contributed by atoms with Crippen LogP contribution in [0, 0.1) is 11.8 Å². The Labute approximate surface area is 127 Å². The van der Waals surface area contributed by atoms with Gasteiger partial charge in [0, 0.05) is 25.6 Å². The van der Waals surface area contributed by atoms with E-state index in [1.54, 1.807) is 7.05 Å². The minimum absolute atomic E-state index is 0.0263. The molecule has 0 bridgehead atoms. The van der Waals surface area contributed by atoms with Gasteiger partial charge in [0.25, 0.3) is 0 Å². The lowest BCUT2D eigenvalue weighted by atomic mass is 9.78. The highest BCUT2D eigenvalue weighted by atomic mass is 16.2. The Bertz CT molecular complexity index is 386. The predicted octanol–water partition coefficient (Wildman–Crippen LogP) is 1.27. The average molecular weight is 295 g/mol. The summed E-state index contributed by atoms with van der Waals surface area (Å²) in [5, 5.41) is 2.69. The Morgan fingerprint density at radius 1 is 1.19 bits per heavy atom. The van der Waals surface area contributed by atoms with Crippen molar-refractivity contribution < 1.29 is 9.59 Å². The third kappa shape index (κ3) is 3.76. The number of carbonyl (C=O) groups is 2. The Morgan fingerprint density at radius 3 is 2.62 bits per heavy atom. The molecule has 1 aliphatic heterocycles. The second-order valence-electron chi connectivity index (χ2n) is 6.63. The molecule has 2 fully saturated rings. The molecule has 0 aromatic carbocycles. The Morgan fingerprint density at radius 2 is 1.95 bits per heavy atom. The monoisotopic (exact) mass is 295 g/mol. The molecule has 4 atom stereocenters. The second-order valence-corrected chi connectivity index (χ2v) is 6.63. The standard InChI is InChI=1S/C16H29N3O2/c1-11(12-6-5-7-13(17)10-12)16(21)19-9-4-3-8-14(19)15(20)18-2/h11-14H,3-10,17H2,1-2H3,(H,18,20). The smallest absolute Gasteiger partial charge is 0.242 e. The zero-order valence-corrected chi connectivity index (χ0v) is 13.3. The molecular formula is C16H29N3O2. The van der Waals surface area contributed by atoms with Gasteiger partial charge in [0.1, 0.15) is 6.04 Å². The Balaban J connectivity index is 2.03. The van der Waals surface area contributed by atoms with E-state index in [-0.39, 0.29) is 29.8 Å². The van der Waals surface area contributed by atoms with E-state index in [2.05, 4.69) is 5.32 Å². The van der Waals surface area contributed by atoms with Crippen molar-refractivity contribution in [1.82, 2.24) is 10.2 Å². The van der Waals surface area contributed by atoms with E-state index in [0.717, 1.165) is 44.9 Å². The maximum absolute atomic E-state index is 12.8. The SMILES string of the molecule is CNC(=O)C1CCCCN1C(=O)C(C)C1CCCC(N)C1. The minimum Gasteiger partial charge on any atom is -0.357 e. The van der Waals surface area contributed by atoms with Gasteiger partial charge in [-0.2, -0.15) is 0 Å². The number of nitrogens with two attached hydrogens (primary N) is 1. The molecule has 120 valence electrons.